The topological polar surface area (TPSA) is 66.0 Å². The van der Waals surface area contributed by atoms with Gasteiger partial charge in [-0.05, 0) is 34.7 Å². The molecule has 0 saturated carbocycles. The molecule has 0 aliphatic carbocycles. The number of H-pyrrole nitrogens is 1. The molecular weight excluding hydrogens is 374 g/mol. The van der Waals surface area contributed by atoms with Gasteiger partial charge in [0.2, 0.25) is 0 Å². The number of fused-ring (bicyclic) bond motifs is 1. The molecule has 2 aromatic carbocycles. The number of hydrogen-bond donors (Lipinski definition) is 2. The van der Waals surface area contributed by atoms with E-state index < -0.39 is 11.8 Å². The van der Waals surface area contributed by atoms with E-state index in [0.717, 1.165) is 15.2 Å². The van der Waals surface area contributed by atoms with E-state index in [1.807, 2.05) is 24.3 Å². The van der Waals surface area contributed by atoms with Crippen molar-refractivity contribution in [2.75, 3.05) is 0 Å². The number of rotatable bonds is 2. The minimum atomic E-state index is -1.30. The van der Waals surface area contributed by atoms with E-state index in [9.17, 15) is 9.18 Å². The predicted octanol–water partition coefficient (Wildman–Crippen LogP) is 3.67. The first-order valence-corrected chi connectivity index (χ1v) is 6.81. The number of carboxylic acid groups (broad SMARTS) is 1. The number of carboxylic acids is 1. The SMILES string of the molecule is O=C(O)c1cc2nc(-c3ccccc3I)[nH]c2cc1F. The van der Waals surface area contributed by atoms with Gasteiger partial charge in [0.05, 0.1) is 16.6 Å². The van der Waals surface area contributed by atoms with Crippen LogP contribution in [0.25, 0.3) is 22.4 Å². The highest BCUT2D eigenvalue weighted by molar-refractivity contribution is 14.1. The second-order valence-electron chi connectivity index (χ2n) is 4.22. The van der Waals surface area contributed by atoms with Crippen LogP contribution in [-0.2, 0) is 0 Å². The predicted molar refractivity (Wildman–Crippen MR) is 81.2 cm³/mol. The largest absolute Gasteiger partial charge is 0.478 e. The number of carbonyl (C=O) groups is 1. The van der Waals surface area contributed by atoms with E-state index in [4.69, 9.17) is 5.11 Å². The Labute approximate surface area is 126 Å². The van der Waals surface area contributed by atoms with Gasteiger partial charge in [0, 0.05) is 15.2 Å². The van der Waals surface area contributed by atoms with Gasteiger partial charge in [-0.1, -0.05) is 18.2 Å². The maximum Gasteiger partial charge on any atom is 0.338 e. The van der Waals surface area contributed by atoms with Gasteiger partial charge in [-0.2, -0.15) is 0 Å². The molecule has 100 valence electrons. The number of imidazole rings is 1. The smallest absolute Gasteiger partial charge is 0.338 e. The van der Waals surface area contributed by atoms with Gasteiger partial charge in [-0.3, -0.25) is 0 Å². The van der Waals surface area contributed by atoms with Gasteiger partial charge in [-0.25, -0.2) is 14.2 Å². The van der Waals surface area contributed by atoms with Crippen LogP contribution in [0.4, 0.5) is 4.39 Å². The Kier molecular flexibility index (Phi) is 3.17. The number of benzene rings is 2. The molecule has 0 atom stereocenters. The summed E-state index contributed by atoms with van der Waals surface area (Å²) in [4.78, 5) is 18.3. The van der Waals surface area contributed by atoms with Crippen molar-refractivity contribution in [1.82, 2.24) is 9.97 Å². The number of hydrogen-bond acceptors (Lipinski definition) is 2. The molecule has 0 bridgehead atoms. The zero-order valence-corrected chi connectivity index (χ0v) is 12.2. The zero-order valence-electron chi connectivity index (χ0n) is 10.0. The summed E-state index contributed by atoms with van der Waals surface area (Å²) in [5, 5.41) is 8.91. The normalized spacial score (nSPS) is 10.9. The highest BCUT2D eigenvalue weighted by Gasteiger charge is 2.15. The van der Waals surface area contributed by atoms with Crippen LogP contribution in [0.5, 0.6) is 0 Å². The van der Waals surface area contributed by atoms with Crippen LogP contribution in [0.15, 0.2) is 36.4 Å². The molecular formula is C14H8FIN2O2. The maximum atomic E-state index is 13.6. The Morgan fingerprint density at radius 2 is 2.05 bits per heavy atom. The van der Waals surface area contributed by atoms with Gasteiger partial charge in [-0.15, -0.1) is 0 Å². The van der Waals surface area contributed by atoms with Crippen LogP contribution in [0.2, 0.25) is 0 Å². The van der Waals surface area contributed by atoms with Crippen LogP contribution in [0, 0.1) is 9.39 Å². The van der Waals surface area contributed by atoms with Crippen LogP contribution >= 0.6 is 22.6 Å². The molecule has 2 N–H and O–H groups in total. The van der Waals surface area contributed by atoms with E-state index in [1.54, 1.807) is 0 Å². The Morgan fingerprint density at radius 1 is 1.30 bits per heavy atom. The quantitative estimate of drug-likeness (QED) is 0.665. The zero-order chi connectivity index (χ0) is 14.3. The van der Waals surface area contributed by atoms with E-state index in [0.29, 0.717) is 16.9 Å². The highest BCUT2D eigenvalue weighted by Crippen LogP contribution is 2.26. The molecule has 0 fully saturated rings. The van der Waals surface area contributed by atoms with Crippen LogP contribution in [0.1, 0.15) is 10.4 Å². The minimum absolute atomic E-state index is 0.377. The summed E-state index contributed by atoms with van der Waals surface area (Å²) in [7, 11) is 0. The van der Waals surface area contributed by atoms with Crippen LogP contribution < -0.4 is 0 Å². The first kappa shape index (κ1) is 13.0. The summed E-state index contributed by atoms with van der Waals surface area (Å²) >= 11 is 2.18. The molecule has 20 heavy (non-hydrogen) atoms. The standard InChI is InChI=1S/C14H8FIN2O2/c15-9-6-12-11(5-8(9)14(19)20)17-13(18-12)7-3-1-2-4-10(7)16/h1-6H,(H,17,18)(H,19,20). The maximum absolute atomic E-state index is 13.6. The van der Waals surface area contributed by atoms with E-state index >= 15 is 0 Å². The van der Waals surface area contributed by atoms with Crippen LogP contribution in [-0.4, -0.2) is 21.0 Å². The molecule has 6 heteroatoms. The number of aromatic amines is 1. The first-order valence-electron chi connectivity index (χ1n) is 5.73. The van der Waals surface area contributed by atoms with Gasteiger partial charge in [0.15, 0.2) is 0 Å². The second-order valence-corrected chi connectivity index (χ2v) is 5.38. The van der Waals surface area contributed by atoms with Crippen molar-refractivity contribution in [3.8, 4) is 11.4 Å². The molecule has 3 rings (SSSR count). The Morgan fingerprint density at radius 3 is 2.75 bits per heavy atom. The van der Waals surface area contributed by atoms with Crippen molar-refractivity contribution in [2.45, 2.75) is 0 Å². The molecule has 4 nitrogen and oxygen atoms in total. The number of nitrogens with one attached hydrogen (secondary N) is 1. The second kappa shape index (κ2) is 4.86. The van der Waals surface area contributed by atoms with Gasteiger partial charge >= 0.3 is 5.97 Å². The Hall–Kier alpha value is -1.96. The van der Waals surface area contributed by atoms with E-state index in [1.165, 1.54) is 6.07 Å². The van der Waals surface area contributed by atoms with Crippen molar-refractivity contribution >= 4 is 39.6 Å². The van der Waals surface area contributed by atoms with Crippen molar-refractivity contribution in [2.24, 2.45) is 0 Å². The van der Waals surface area contributed by atoms with Gasteiger partial charge in [0.1, 0.15) is 11.6 Å². The monoisotopic (exact) mass is 382 g/mol. The summed E-state index contributed by atoms with van der Waals surface area (Å²) in [6, 6.07) is 10.0. The third-order valence-electron chi connectivity index (χ3n) is 2.93. The van der Waals surface area contributed by atoms with Gasteiger partial charge in [0.25, 0.3) is 0 Å². The van der Waals surface area contributed by atoms with Crippen molar-refractivity contribution in [3.63, 3.8) is 0 Å². The fourth-order valence-electron chi connectivity index (χ4n) is 1.98. The molecule has 0 unspecified atom stereocenters. The molecule has 0 radical (unpaired) electrons. The molecule has 0 aliphatic rings. The number of aromatic carboxylic acids is 1. The van der Waals surface area contributed by atoms with Crippen molar-refractivity contribution in [1.29, 1.82) is 0 Å². The molecule has 0 amide bonds. The number of nitrogens with zero attached hydrogens (tertiary/aromatic N) is 1. The van der Waals surface area contributed by atoms with Crippen LogP contribution in [0.3, 0.4) is 0 Å². The summed E-state index contributed by atoms with van der Waals surface area (Å²) in [5.41, 5.74) is 1.42. The molecule has 0 saturated heterocycles. The average Bonchev–Trinajstić information content (AvgIpc) is 2.80. The van der Waals surface area contributed by atoms with E-state index in [2.05, 4.69) is 32.6 Å². The summed E-state index contributed by atoms with van der Waals surface area (Å²) in [5.74, 6) is -1.49. The van der Waals surface area contributed by atoms with E-state index in [-0.39, 0.29) is 5.56 Å². The summed E-state index contributed by atoms with van der Waals surface area (Å²) in [6.45, 7) is 0. The lowest BCUT2D eigenvalue weighted by Gasteiger charge is -1.98. The molecule has 1 heterocycles. The van der Waals surface area contributed by atoms with Crippen molar-refractivity contribution < 1.29 is 14.3 Å². The summed E-state index contributed by atoms with van der Waals surface area (Å²) < 4.78 is 14.6. The Balaban J connectivity index is 2.21. The molecule has 1 aromatic heterocycles. The van der Waals surface area contributed by atoms with Gasteiger partial charge < -0.3 is 10.1 Å². The molecule has 0 aliphatic heterocycles. The lowest BCUT2D eigenvalue weighted by atomic mass is 10.2. The highest BCUT2D eigenvalue weighted by atomic mass is 127. The number of aromatic nitrogens is 2. The minimum Gasteiger partial charge on any atom is -0.478 e. The van der Waals surface area contributed by atoms with Crippen molar-refractivity contribution in [3.05, 3.63) is 51.3 Å². The number of halogens is 2. The average molecular weight is 382 g/mol. The third-order valence-corrected chi connectivity index (χ3v) is 3.87. The lowest BCUT2D eigenvalue weighted by molar-refractivity contribution is 0.0692. The fraction of sp³-hybridized carbons (Fsp3) is 0. The molecule has 3 aromatic rings. The lowest BCUT2D eigenvalue weighted by Crippen LogP contribution is -1.99. The fourth-order valence-corrected chi connectivity index (χ4v) is 2.62. The Bertz CT molecular complexity index is 829. The summed E-state index contributed by atoms with van der Waals surface area (Å²) in [6.07, 6.45) is 0. The third kappa shape index (κ3) is 2.15. The first-order chi connectivity index (χ1) is 9.56. The molecule has 0 spiro atoms.